The predicted molar refractivity (Wildman–Crippen MR) is 108 cm³/mol. The molecular formula is C16H28Cl6O. The largest absolute Gasteiger partial charge is 0.396 e. The summed E-state index contributed by atoms with van der Waals surface area (Å²) >= 11 is 35.3. The third-order valence-electron chi connectivity index (χ3n) is 3.84. The van der Waals surface area contributed by atoms with Gasteiger partial charge >= 0.3 is 0 Å². The average Bonchev–Trinajstić information content (AvgIpc) is 2.56. The van der Waals surface area contributed by atoms with Crippen molar-refractivity contribution in [2.45, 2.75) is 90.6 Å². The number of aliphatic hydroxyl groups is 1. The molecule has 0 saturated heterocycles. The maximum atomic E-state index is 8.51. The molecule has 0 aromatic rings. The van der Waals surface area contributed by atoms with E-state index in [1.807, 2.05) is 0 Å². The summed E-state index contributed by atoms with van der Waals surface area (Å²) in [6, 6.07) is 0. The minimum absolute atomic E-state index is 0.370. The van der Waals surface area contributed by atoms with Gasteiger partial charge in [-0.2, -0.15) is 0 Å². The van der Waals surface area contributed by atoms with Crippen molar-refractivity contribution in [3.63, 3.8) is 0 Å². The number of hydrogen-bond donors (Lipinski definition) is 1. The Bertz CT molecular complexity index is 215. The van der Waals surface area contributed by atoms with Gasteiger partial charge in [-0.1, -0.05) is 51.9 Å². The van der Waals surface area contributed by atoms with E-state index in [-0.39, 0.29) is 0 Å². The normalized spacial score (nSPS) is 33.9. The third-order valence-corrected chi connectivity index (χ3v) is 7.87. The first-order valence-electron chi connectivity index (χ1n) is 8.33. The van der Waals surface area contributed by atoms with Crippen LogP contribution in [0.15, 0.2) is 0 Å². The zero-order valence-electron chi connectivity index (χ0n) is 13.5. The lowest BCUT2D eigenvalue weighted by molar-refractivity contribution is 0.282. The van der Waals surface area contributed by atoms with Crippen LogP contribution < -0.4 is 0 Å². The number of hydrogen-bond acceptors (Lipinski definition) is 1. The highest BCUT2D eigenvalue weighted by Gasteiger charge is 2.46. The lowest BCUT2D eigenvalue weighted by atomic mass is 9.97. The van der Waals surface area contributed by atoms with Gasteiger partial charge < -0.3 is 5.11 Å². The first-order valence-corrected chi connectivity index (χ1v) is 11.0. The van der Waals surface area contributed by atoms with E-state index in [1.54, 1.807) is 0 Å². The summed E-state index contributed by atoms with van der Waals surface area (Å²) in [7, 11) is 0. The van der Waals surface area contributed by atoms with Gasteiger partial charge in [0.25, 0.3) is 0 Å². The summed E-state index contributed by atoms with van der Waals surface area (Å²) in [5, 5.41) is 5.89. The fourth-order valence-corrected chi connectivity index (χ4v) is 4.63. The molecule has 0 heterocycles. The average molecular weight is 449 g/mol. The molecule has 0 aromatic heterocycles. The lowest BCUT2D eigenvalue weighted by Gasteiger charge is -2.37. The fourth-order valence-electron chi connectivity index (χ4n) is 2.30. The van der Waals surface area contributed by atoms with Crippen LogP contribution in [0, 0.1) is 0 Å². The molecule has 23 heavy (non-hydrogen) atoms. The van der Waals surface area contributed by atoms with Crippen LogP contribution in [-0.2, 0) is 0 Å². The summed E-state index contributed by atoms with van der Waals surface area (Å²) in [5.41, 5.74) is 0. The summed E-state index contributed by atoms with van der Waals surface area (Å²) in [5.74, 6) is 0. The highest BCUT2D eigenvalue weighted by Crippen LogP contribution is 2.39. The fraction of sp³-hybridized carbons (Fsp3) is 1.00. The molecule has 1 rings (SSSR count). The Morgan fingerprint density at radius 1 is 0.522 bits per heavy atom. The maximum absolute atomic E-state index is 8.51. The van der Waals surface area contributed by atoms with Gasteiger partial charge in [-0.15, -0.1) is 69.6 Å². The van der Waals surface area contributed by atoms with Crippen molar-refractivity contribution in [3.8, 4) is 0 Å². The van der Waals surface area contributed by atoms with Crippen LogP contribution in [0.3, 0.4) is 0 Å². The highest BCUT2D eigenvalue weighted by atomic mass is 35.5. The van der Waals surface area contributed by atoms with Crippen LogP contribution >= 0.6 is 69.6 Å². The second kappa shape index (κ2) is 14.8. The van der Waals surface area contributed by atoms with Crippen molar-refractivity contribution in [1.82, 2.24) is 0 Å². The highest BCUT2D eigenvalue weighted by molar-refractivity contribution is 6.45. The van der Waals surface area contributed by atoms with Gasteiger partial charge in [-0.3, -0.25) is 0 Å². The van der Waals surface area contributed by atoms with Crippen LogP contribution in [-0.4, -0.2) is 44.0 Å². The Kier molecular flexibility index (Phi) is 15.9. The molecule has 0 aromatic carbocycles. The molecule has 7 heteroatoms. The number of unbranched alkanes of at least 4 members (excludes halogenated alkanes) is 7. The molecule has 0 aliphatic heterocycles. The van der Waals surface area contributed by atoms with Gasteiger partial charge in [0, 0.05) is 6.61 Å². The van der Waals surface area contributed by atoms with Crippen LogP contribution in [0.2, 0.25) is 0 Å². The van der Waals surface area contributed by atoms with Gasteiger partial charge in [0.1, 0.15) is 0 Å². The van der Waals surface area contributed by atoms with E-state index < -0.39 is 32.3 Å². The zero-order chi connectivity index (χ0) is 17.8. The molecule has 0 atom stereocenters. The van der Waals surface area contributed by atoms with Crippen LogP contribution in [0.25, 0.3) is 0 Å². The van der Waals surface area contributed by atoms with Crippen molar-refractivity contribution in [2.24, 2.45) is 0 Å². The van der Waals surface area contributed by atoms with E-state index in [4.69, 9.17) is 74.7 Å². The standard InChI is InChI=1S/C10H22O.C6H6Cl6/c1-2-3-4-5-6-7-8-9-10-11;7-1-2(8)4(10)6(12)5(11)3(1)9/h11H,2-10H2,1H3;1-6H/t;1-,2-,3-,4+,5+,6+. The molecule has 140 valence electrons. The molecule has 1 N–H and O–H groups in total. The predicted octanol–water partition coefficient (Wildman–Crippen LogP) is 6.76. The molecular weight excluding hydrogens is 421 g/mol. The molecule has 0 unspecified atom stereocenters. The number of rotatable bonds is 8. The Morgan fingerprint density at radius 2 is 0.783 bits per heavy atom. The van der Waals surface area contributed by atoms with E-state index in [9.17, 15) is 0 Å². The van der Waals surface area contributed by atoms with Crippen molar-refractivity contribution >= 4 is 69.6 Å². The van der Waals surface area contributed by atoms with Gasteiger partial charge in [-0.05, 0) is 6.42 Å². The summed E-state index contributed by atoms with van der Waals surface area (Å²) in [6.07, 6.45) is 10.4. The second-order valence-electron chi connectivity index (χ2n) is 5.87. The van der Waals surface area contributed by atoms with Crippen molar-refractivity contribution in [2.75, 3.05) is 6.61 Å². The van der Waals surface area contributed by atoms with Crippen molar-refractivity contribution < 1.29 is 5.11 Å². The first-order chi connectivity index (χ1) is 10.9. The molecule has 0 spiro atoms. The molecule has 0 amide bonds. The second-order valence-corrected chi connectivity index (χ2v) is 8.89. The molecule has 0 bridgehead atoms. The molecule has 1 aliphatic rings. The van der Waals surface area contributed by atoms with Crippen LogP contribution in [0.5, 0.6) is 0 Å². The minimum atomic E-state index is -0.437. The van der Waals surface area contributed by atoms with Gasteiger partial charge in [-0.25, -0.2) is 0 Å². The lowest BCUT2D eigenvalue weighted by Crippen LogP contribution is -2.52. The zero-order valence-corrected chi connectivity index (χ0v) is 18.1. The topological polar surface area (TPSA) is 20.2 Å². The van der Waals surface area contributed by atoms with E-state index in [2.05, 4.69) is 6.92 Å². The molecule has 1 saturated carbocycles. The Balaban J connectivity index is 0.000000423. The Labute approximate surface area is 171 Å². The molecule has 0 radical (unpaired) electrons. The third kappa shape index (κ3) is 9.83. The first kappa shape index (κ1) is 24.7. The Morgan fingerprint density at radius 3 is 1.04 bits per heavy atom. The smallest absolute Gasteiger partial charge is 0.0693 e. The minimum Gasteiger partial charge on any atom is -0.396 e. The van der Waals surface area contributed by atoms with E-state index in [1.165, 1.54) is 44.9 Å². The van der Waals surface area contributed by atoms with Crippen LogP contribution in [0.1, 0.15) is 58.3 Å². The van der Waals surface area contributed by atoms with Crippen molar-refractivity contribution in [3.05, 3.63) is 0 Å². The quantitative estimate of drug-likeness (QED) is 0.321. The van der Waals surface area contributed by atoms with E-state index in [0.717, 1.165) is 6.42 Å². The van der Waals surface area contributed by atoms with E-state index in [0.29, 0.717) is 6.61 Å². The molecule has 1 nitrogen and oxygen atoms in total. The molecule has 1 aliphatic carbocycles. The van der Waals surface area contributed by atoms with Gasteiger partial charge in [0.15, 0.2) is 0 Å². The molecule has 1 fully saturated rings. The maximum Gasteiger partial charge on any atom is 0.0693 e. The number of alkyl halides is 6. The Hall–Kier alpha value is 1.70. The summed E-state index contributed by atoms with van der Waals surface area (Å²) in [4.78, 5) is 0. The SMILES string of the molecule is CCCCCCCCCCO.Cl[C@H]1[C@H](Cl)[C@@H](Cl)[C@@H](Cl)[C@H](Cl)[C@H]1Cl. The number of halogens is 6. The summed E-state index contributed by atoms with van der Waals surface area (Å²) < 4.78 is 0. The van der Waals surface area contributed by atoms with Gasteiger partial charge in [0.2, 0.25) is 0 Å². The van der Waals surface area contributed by atoms with Crippen LogP contribution in [0.4, 0.5) is 0 Å². The number of aliphatic hydroxyl groups excluding tert-OH is 1. The van der Waals surface area contributed by atoms with E-state index >= 15 is 0 Å². The van der Waals surface area contributed by atoms with Crippen molar-refractivity contribution in [1.29, 1.82) is 0 Å². The monoisotopic (exact) mass is 446 g/mol. The van der Waals surface area contributed by atoms with Gasteiger partial charge in [0.05, 0.1) is 32.3 Å². The summed E-state index contributed by atoms with van der Waals surface area (Å²) in [6.45, 7) is 2.61.